The molecular formula is C14H21NO. The van der Waals surface area contributed by atoms with Gasteiger partial charge in [-0.3, -0.25) is 0 Å². The number of likely N-dealkylation sites (N-methyl/N-ethyl adjacent to an activating group) is 1. The second kappa shape index (κ2) is 5.46. The number of likely N-dealkylation sites (tertiary alicyclic amines) is 1. The van der Waals surface area contributed by atoms with Gasteiger partial charge in [0, 0.05) is 6.04 Å². The molecule has 88 valence electrons. The van der Waals surface area contributed by atoms with Crippen molar-refractivity contribution >= 4 is 0 Å². The first-order chi connectivity index (χ1) is 7.79. The molecule has 2 heteroatoms. The number of benzene rings is 1. The summed E-state index contributed by atoms with van der Waals surface area (Å²) >= 11 is 0. The molecule has 1 saturated heterocycles. The van der Waals surface area contributed by atoms with Crippen LogP contribution in [0.15, 0.2) is 30.3 Å². The first kappa shape index (κ1) is 11.6. The van der Waals surface area contributed by atoms with Gasteiger partial charge in [0.2, 0.25) is 0 Å². The summed E-state index contributed by atoms with van der Waals surface area (Å²) < 4.78 is 0. The number of rotatable bonds is 2. The third kappa shape index (κ3) is 2.63. The fraction of sp³-hybridized carbons (Fsp3) is 0.571. The molecule has 1 fully saturated rings. The van der Waals surface area contributed by atoms with Gasteiger partial charge in [0.25, 0.3) is 0 Å². The van der Waals surface area contributed by atoms with Crippen molar-refractivity contribution in [1.82, 2.24) is 4.90 Å². The van der Waals surface area contributed by atoms with Crippen molar-refractivity contribution < 1.29 is 5.11 Å². The van der Waals surface area contributed by atoms with Crippen molar-refractivity contribution in [3.8, 4) is 0 Å². The lowest BCUT2D eigenvalue weighted by molar-refractivity contribution is 0.0629. The SMILES string of the molecule is CN1CCCCCC1C(O)c1ccccc1. The largest absolute Gasteiger partial charge is 0.387 e. The van der Waals surface area contributed by atoms with Crippen LogP contribution in [0.1, 0.15) is 37.4 Å². The molecule has 2 nitrogen and oxygen atoms in total. The first-order valence-corrected chi connectivity index (χ1v) is 6.22. The Balaban J connectivity index is 2.10. The summed E-state index contributed by atoms with van der Waals surface area (Å²) in [4.78, 5) is 2.31. The molecule has 16 heavy (non-hydrogen) atoms. The highest BCUT2D eigenvalue weighted by Gasteiger charge is 2.25. The summed E-state index contributed by atoms with van der Waals surface area (Å²) in [6.07, 6.45) is 4.55. The Morgan fingerprint density at radius 2 is 1.94 bits per heavy atom. The van der Waals surface area contributed by atoms with Crippen molar-refractivity contribution in [3.63, 3.8) is 0 Å². The zero-order valence-electron chi connectivity index (χ0n) is 9.97. The van der Waals surface area contributed by atoms with Crippen LogP contribution in [0.5, 0.6) is 0 Å². The lowest BCUT2D eigenvalue weighted by Crippen LogP contribution is -2.36. The maximum Gasteiger partial charge on any atom is 0.0945 e. The van der Waals surface area contributed by atoms with E-state index in [4.69, 9.17) is 0 Å². The van der Waals surface area contributed by atoms with Crippen molar-refractivity contribution in [2.75, 3.05) is 13.6 Å². The highest BCUT2D eigenvalue weighted by molar-refractivity contribution is 5.18. The smallest absolute Gasteiger partial charge is 0.0945 e. The number of nitrogens with zero attached hydrogens (tertiary/aromatic N) is 1. The van der Waals surface area contributed by atoms with E-state index in [0.717, 1.165) is 18.5 Å². The van der Waals surface area contributed by atoms with Crippen molar-refractivity contribution in [3.05, 3.63) is 35.9 Å². The quantitative estimate of drug-likeness (QED) is 0.826. The fourth-order valence-electron chi connectivity index (χ4n) is 2.55. The van der Waals surface area contributed by atoms with Gasteiger partial charge in [-0.05, 0) is 32.0 Å². The molecule has 0 spiro atoms. The Bertz CT molecular complexity index is 312. The molecule has 0 radical (unpaired) electrons. The van der Waals surface area contributed by atoms with Crippen LogP contribution in [0.25, 0.3) is 0 Å². The van der Waals surface area contributed by atoms with Gasteiger partial charge in [-0.25, -0.2) is 0 Å². The number of aliphatic hydroxyl groups is 1. The molecule has 1 aliphatic heterocycles. The van der Waals surface area contributed by atoms with E-state index in [1.54, 1.807) is 0 Å². The van der Waals surface area contributed by atoms with Crippen LogP contribution in [0.4, 0.5) is 0 Å². The number of hydrogen-bond acceptors (Lipinski definition) is 2. The minimum absolute atomic E-state index is 0.282. The van der Waals surface area contributed by atoms with Gasteiger partial charge in [-0.15, -0.1) is 0 Å². The molecule has 1 aromatic rings. The van der Waals surface area contributed by atoms with Crippen LogP contribution in [-0.4, -0.2) is 29.6 Å². The van der Waals surface area contributed by atoms with Crippen LogP contribution in [0, 0.1) is 0 Å². The van der Waals surface area contributed by atoms with E-state index in [9.17, 15) is 5.11 Å². The van der Waals surface area contributed by atoms with E-state index in [1.165, 1.54) is 19.3 Å². The van der Waals surface area contributed by atoms with Crippen molar-refractivity contribution in [2.24, 2.45) is 0 Å². The number of hydrogen-bond donors (Lipinski definition) is 1. The molecule has 0 saturated carbocycles. The van der Waals surface area contributed by atoms with Gasteiger partial charge in [0.05, 0.1) is 6.10 Å². The van der Waals surface area contributed by atoms with Crippen LogP contribution in [0.2, 0.25) is 0 Å². The van der Waals surface area contributed by atoms with Gasteiger partial charge < -0.3 is 10.0 Å². The molecular weight excluding hydrogens is 198 g/mol. The maximum absolute atomic E-state index is 10.4. The summed E-state index contributed by atoms with van der Waals surface area (Å²) in [6.45, 7) is 1.11. The zero-order valence-corrected chi connectivity index (χ0v) is 9.97. The number of aliphatic hydroxyl groups excluding tert-OH is 1. The van der Waals surface area contributed by atoms with Crippen molar-refractivity contribution in [2.45, 2.75) is 37.8 Å². The fourth-order valence-corrected chi connectivity index (χ4v) is 2.55. The molecule has 2 atom stereocenters. The Morgan fingerprint density at radius 1 is 1.19 bits per heavy atom. The average molecular weight is 219 g/mol. The summed E-state index contributed by atoms with van der Waals surface area (Å²) in [7, 11) is 2.13. The van der Waals surface area contributed by atoms with Gasteiger partial charge >= 0.3 is 0 Å². The van der Waals surface area contributed by atoms with Crippen LogP contribution in [-0.2, 0) is 0 Å². The average Bonchev–Trinajstić information content (AvgIpc) is 2.54. The summed E-state index contributed by atoms with van der Waals surface area (Å²) in [5.74, 6) is 0. The van der Waals surface area contributed by atoms with Gasteiger partial charge in [0.15, 0.2) is 0 Å². The lowest BCUT2D eigenvalue weighted by atomic mass is 9.98. The second-order valence-electron chi connectivity index (χ2n) is 4.75. The molecule has 1 heterocycles. The Kier molecular flexibility index (Phi) is 3.97. The Hall–Kier alpha value is -0.860. The van der Waals surface area contributed by atoms with Gasteiger partial charge in [-0.1, -0.05) is 43.2 Å². The zero-order chi connectivity index (χ0) is 11.4. The van der Waals surface area contributed by atoms with Crippen LogP contribution >= 0.6 is 0 Å². The van der Waals surface area contributed by atoms with E-state index < -0.39 is 0 Å². The second-order valence-corrected chi connectivity index (χ2v) is 4.75. The standard InChI is InChI=1S/C14H21NO/c1-15-11-7-3-6-10-13(15)14(16)12-8-4-2-5-9-12/h2,4-5,8-9,13-14,16H,3,6-7,10-11H2,1H3. The first-order valence-electron chi connectivity index (χ1n) is 6.22. The molecule has 0 aromatic heterocycles. The highest BCUT2D eigenvalue weighted by atomic mass is 16.3. The third-order valence-electron chi connectivity index (χ3n) is 3.58. The monoisotopic (exact) mass is 219 g/mol. The molecule has 1 aliphatic rings. The molecule has 0 bridgehead atoms. The minimum atomic E-state index is -0.343. The van der Waals surface area contributed by atoms with Gasteiger partial charge in [-0.2, -0.15) is 0 Å². The maximum atomic E-state index is 10.4. The van der Waals surface area contributed by atoms with E-state index in [-0.39, 0.29) is 12.1 Å². The summed E-state index contributed by atoms with van der Waals surface area (Å²) in [5.41, 5.74) is 1.04. The van der Waals surface area contributed by atoms with Crippen molar-refractivity contribution in [1.29, 1.82) is 0 Å². The third-order valence-corrected chi connectivity index (χ3v) is 3.58. The van der Waals surface area contributed by atoms with Gasteiger partial charge in [0.1, 0.15) is 0 Å². The van der Waals surface area contributed by atoms with E-state index in [1.807, 2.05) is 30.3 Å². The highest BCUT2D eigenvalue weighted by Crippen LogP contribution is 2.26. The van der Waals surface area contributed by atoms with Crippen LogP contribution < -0.4 is 0 Å². The molecule has 0 amide bonds. The van der Waals surface area contributed by atoms with Crippen LogP contribution in [0.3, 0.4) is 0 Å². The molecule has 1 N–H and O–H groups in total. The summed E-state index contributed by atoms with van der Waals surface area (Å²) in [5, 5.41) is 10.4. The Labute approximate surface area is 97.9 Å². The molecule has 1 aromatic carbocycles. The lowest BCUT2D eigenvalue weighted by Gasteiger charge is -2.30. The Morgan fingerprint density at radius 3 is 2.69 bits per heavy atom. The molecule has 2 rings (SSSR count). The predicted molar refractivity (Wildman–Crippen MR) is 66.3 cm³/mol. The topological polar surface area (TPSA) is 23.5 Å². The molecule has 2 unspecified atom stereocenters. The summed E-state index contributed by atoms with van der Waals surface area (Å²) in [6, 6.07) is 10.3. The molecule has 0 aliphatic carbocycles. The van der Waals surface area contributed by atoms with E-state index >= 15 is 0 Å². The van der Waals surface area contributed by atoms with E-state index in [0.29, 0.717) is 0 Å². The predicted octanol–water partition coefficient (Wildman–Crippen LogP) is 2.59. The van der Waals surface area contributed by atoms with E-state index in [2.05, 4.69) is 11.9 Å². The minimum Gasteiger partial charge on any atom is -0.387 e. The normalized spacial score (nSPS) is 25.0.